The number of allylic oxidation sites excluding steroid dienone is 2. The van der Waals surface area contributed by atoms with E-state index < -0.39 is 0 Å². The predicted molar refractivity (Wildman–Crippen MR) is 94.8 cm³/mol. The molecular weight excluding hydrogens is 334 g/mol. The lowest BCUT2D eigenvalue weighted by atomic mass is 9.90. The smallest absolute Gasteiger partial charge is 0.205 e. The summed E-state index contributed by atoms with van der Waals surface area (Å²) in [6, 6.07) is 7.88. The molecule has 5 nitrogen and oxygen atoms in total. The number of nitrogens with zero attached hydrogens (tertiary/aromatic N) is 3. The maximum Gasteiger partial charge on any atom is 0.205 e. The van der Waals surface area contributed by atoms with Crippen LogP contribution in [0.4, 0.5) is 0 Å². The number of hydrogen-bond acceptors (Lipinski definition) is 6. The fourth-order valence-electron chi connectivity index (χ4n) is 2.80. The van der Waals surface area contributed by atoms with Crippen LogP contribution in [0.5, 0.6) is 0 Å². The Morgan fingerprint density at radius 3 is 2.64 bits per heavy atom. The first kappa shape index (κ1) is 15.5. The highest BCUT2D eigenvalue weighted by molar-refractivity contribution is 7.09. The molecule has 1 aliphatic carbocycles. The minimum Gasteiger partial charge on any atom is -0.289 e. The molecule has 122 valence electrons. The van der Waals surface area contributed by atoms with E-state index in [0.29, 0.717) is 12.0 Å². The Labute approximate surface area is 148 Å². The van der Waals surface area contributed by atoms with Crippen molar-refractivity contribution in [3.8, 4) is 11.3 Å². The minimum absolute atomic E-state index is 0.179. The summed E-state index contributed by atoms with van der Waals surface area (Å²) in [6.45, 7) is 1.97. The molecule has 0 fully saturated rings. The molecule has 0 N–H and O–H groups in total. The number of thiazole rings is 1. The van der Waals surface area contributed by atoms with Crippen molar-refractivity contribution in [1.82, 2.24) is 15.0 Å². The van der Waals surface area contributed by atoms with Gasteiger partial charge in [0.05, 0.1) is 16.3 Å². The van der Waals surface area contributed by atoms with Crippen LogP contribution >= 0.6 is 11.3 Å². The van der Waals surface area contributed by atoms with Crippen LogP contribution in [0.3, 0.4) is 0 Å². The van der Waals surface area contributed by atoms with Crippen LogP contribution < -0.4 is 0 Å². The van der Waals surface area contributed by atoms with E-state index in [1.54, 1.807) is 11.3 Å². The predicted octanol–water partition coefficient (Wildman–Crippen LogP) is 3.46. The number of carbonyl (C=O) groups excluding carboxylic acids is 2. The SMILES string of the molecule is Cc1nc(-c2ccc(CC3=CC(=O)c4ncncc4C3=O)cc2)cs1. The molecule has 3 aromatic rings. The van der Waals surface area contributed by atoms with Gasteiger partial charge in [-0.05, 0) is 18.6 Å². The van der Waals surface area contributed by atoms with Crippen molar-refractivity contribution in [3.05, 3.63) is 75.6 Å². The van der Waals surface area contributed by atoms with Gasteiger partial charge in [-0.1, -0.05) is 24.3 Å². The summed E-state index contributed by atoms with van der Waals surface area (Å²) < 4.78 is 0. The lowest BCUT2D eigenvalue weighted by molar-refractivity contribution is 0.0978. The standard InChI is InChI=1S/C19H13N3O2S/c1-11-22-16(9-25-11)13-4-2-12(3-5-13)6-14-7-17(23)18-15(19(14)24)8-20-10-21-18/h2-5,7-10H,6H2,1H3. The van der Waals surface area contributed by atoms with E-state index >= 15 is 0 Å². The molecule has 0 bridgehead atoms. The lowest BCUT2D eigenvalue weighted by Gasteiger charge is -2.13. The highest BCUT2D eigenvalue weighted by Crippen LogP contribution is 2.25. The van der Waals surface area contributed by atoms with Crippen molar-refractivity contribution in [1.29, 1.82) is 0 Å². The molecule has 1 aromatic carbocycles. The van der Waals surface area contributed by atoms with Crippen LogP contribution in [0.2, 0.25) is 0 Å². The van der Waals surface area contributed by atoms with E-state index in [2.05, 4.69) is 15.0 Å². The molecule has 0 radical (unpaired) electrons. The van der Waals surface area contributed by atoms with Gasteiger partial charge in [0, 0.05) is 29.1 Å². The molecule has 0 spiro atoms. The molecule has 0 saturated carbocycles. The molecule has 1 aliphatic rings. The molecule has 2 heterocycles. The second-order valence-corrected chi connectivity index (χ2v) is 6.84. The summed E-state index contributed by atoms with van der Waals surface area (Å²) in [5.74, 6) is -0.434. The van der Waals surface area contributed by atoms with E-state index in [1.165, 1.54) is 18.6 Å². The van der Waals surface area contributed by atoms with Crippen molar-refractivity contribution in [2.45, 2.75) is 13.3 Å². The second kappa shape index (κ2) is 6.14. The number of aromatic nitrogens is 3. The first-order chi connectivity index (χ1) is 12.1. The summed E-state index contributed by atoms with van der Waals surface area (Å²) >= 11 is 1.61. The molecule has 25 heavy (non-hydrogen) atoms. The number of fused-ring (bicyclic) bond motifs is 1. The van der Waals surface area contributed by atoms with Gasteiger partial charge in [0.2, 0.25) is 5.78 Å². The summed E-state index contributed by atoms with van der Waals surface area (Å²) in [7, 11) is 0. The monoisotopic (exact) mass is 347 g/mol. The zero-order chi connectivity index (χ0) is 17.4. The summed E-state index contributed by atoms with van der Waals surface area (Å²) in [6.07, 6.45) is 4.47. The van der Waals surface area contributed by atoms with Crippen molar-refractivity contribution < 1.29 is 9.59 Å². The fraction of sp³-hybridized carbons (Fsp3) is 0.105. The number of ketones is 2. The number of Topliss-reactive ketones (excluding diaryl/α,β-unsaturated/α-hetero) is 1. The first-order valence-corrected chi connectivity index (χ1v) is 8.61. The van der Waals surface area contributed by atoms with E-state index in [1.807, 2.05) is 36.6 Å². The molecule has 0 saturated heterocycles. The van der Waals surface area contributed by atoms with Crippen LogP contribution in [0.25, 0.3) is 11.3 Å². The average molecular weight is 347 g/mol. The molecule has 2 aromatic heterocycles. The summed E-state index contributed by atoms with van der Waals surface area (Å²) in [4.78, 5) is 36.9. The van der Waals surface area contributed by atoms with Gasteiger partial charge in [-0.2, -0.15) is 0 Å². The third kappa shape index (κ3) is 2.92. The van der Waals surface area contributed by atoms with Gasteiger partial charge in [-0.3, -0.25) is 9.59 Å². The van der Waals surface area contributed by atoms with Gasteiger partial charge < -0.3 is 0 Å². The number of carbonyl (C=O) groups is 2. The lowest BCUT2D eigenvalue weighted by Crippen LogP contribution is -2.20. The van der Waals surface area contributed by atoms with Crippen LogP contribution in [0.1, 0.15) is 31.4 Å². The topological polar surface area (TPSA) is 72.8 Å². The van der Waals surface area contributed by atoms with Crippen molar-refractivity contribution in [2.75, 3.05) is 0 Å². The Kier molecular flexibility index (Phi) is 3.82. The summed E-state index contributed by atoms with van der Waals surface area (Å²) in [5.41, 5.74) is 3.86. The van der Waals surface area contributed by atoms with Crippen molar-refractivity contribution in [2.24, 2.45) is 0 Å². The highest BCUT2D eigenvalue weighted by Gasteiger charge is 2.26. The molecule has 4 rings (SSSR count). The van der Waals surface area contributed by atoms with Crippen LogP contribution in [-0.2, 0) is 6.42 Å². The largest absolute Gasteiger partial charge is 0.289 e. The van der Waals surface area contributed by atoms with Gasteiger partial charge in [0.1, 0.15) is 12.0 Å². The molecule has 0 amide bonds. The fourth-order valence-corrected chi connectivity index (χ4v) is 3.42. The van der Waals surface area contributed by atoms with Crippen molar-refractivity contribution in [3.63, 3.8) is 0 Å². The molecule has 0 atom stereocenters. The number of rotatable bonds is 3. The molecule has 0 aliphatic heterocycles. The maximum atomic E-state index is 12.5. The quantitative estimate of drug-likeness (QED) is 0.725. The van der Waals surface area contributed by atoms with Crippen LogP contribution in [0.15, 0.2) is 53.8 Å². The van der Waals surface area contributed by atoms with Gasteiger partial charge in [-0.25, -0.2) is 15.0 Å². The van der Waals surface area contributed by atoms with E-state index in [9.17, 15) is 9.59 Å². The zero-order valence-corrected chi connectivity index (χ0v) is 14.2. The number of hydrogen-bond donors (Lipinski definition) is 0. The Balaban J connectivity index is 1.58. The Morgan fingerprint density at radius 2 is 1.92 bits per heavy atom. The van der Waals surface area contributed by atoms with Crippen molar-refractivity contribution >= 4 is 22.9 Å². The molecular formula is C19H13N3O2S. The van der Waals surface area contributed by atoms with E-state index in [0.717, 1.165) is 21.8 Å². The molecule has 6 heteroatoms. The minimum atomic E-state index is -0.249. The van der Waals surface area contributed by atoms with E-state index in [4.69, 9.17) is 0 Å². The molecule has 0 unspecified atom stereocenters. The van der Waals surface area contributed by atoms with Gasteiger partial charge in [-0.15, -0.1) is 11.3 Å². The third-order valence-electron chi connectivity index (χ3n) is 4.05. The van der Waals surface area contributed by atoms with Gasteiger partial charge >= 0.3 is 0 Å². The average Bonchev–Trinajstić information content (AvgIpc) is 3.06. The van der Waals surface area contributed by atoms with Crippen LogP contribution in [0, 0.1) is 6.92 Å². The number of benzene rings is 1. The Hall–Kier alpha value is -2.99. The Morgan fingerprint density at radius 1 is 1.12 bits per heavy atom. The number of aryl methyl sites for hydroxylation is 1. The van der Waals surface area contributed by atoms with Gasteiger partial charge in [0.25, 0.3) is 0 Å². The zero-order valence-electron chi connectivity index (χ0n) is 13.4. The second-order valence-electron chi connectivity index (χ2n) is 5.77. The Bertz CT molecular complexity index is 1020. The van der Waals surface area contributed by atoms with Gasteiger partial charge in [0.15, 0.2) is 5.78 Å². The normalized spacial score (nSPS) is 13.6. The maximum absolute atomic E-state index is 12.5. The third-order valence-corrected chi connectivity index (χ3v) is 4.82. The van der Waals surface area contributed by atoms with Crippen LogP contribution in [-0.4, -0.2) is 26.5 Å². The first-order valence-electron chi connectivity index (χ1n) is 7.73. The highest BCUT2D eigenvalue weighted by atomic mass is 32.1. The summed E-state index contributed by atoms with van der Waals surface area (Å²) in [5, 5.41) is 3.05. The van der Waals surface area contributed by atoms with E-state index in [-0.39, 0.29) is 22.8 Å².